The van der Waals surface area contributed by atoms with Crippen molar-refractivity contribution < 1.29 is 4.79 Å². The van der Waals surface area contributed by atoms with Gasteiger partial charge in [-0.05, 0) is 31.9 Å². The summed E-state index contributed by atoms with van der Waals surface area (Å²) in [6.45, 7) is 2.06. The predicted octanol–water partition coefficient (Wildman–Crippen LogP) is 3.52. The summed E-state index contributed by atoms with van der Waals surface area (Å²) in [6.07, 6.45) is 8.49. The van der Waals surface area contributed by atoms with E-state index in [-0.39, 0.29) is 5.91 Å². The molecule has 0 aliphatic heterocycles. The highest BCUT2D eigenvalue weighted by molar-refractivity contribution is 7.99. The van der Waals surface area contributed by atoms with Gasteiger partial charge in [0.25, 0.3) is 0 Å². The summed E-state index contributed by atoms with van der Waals surface area (Å²) in [5.41, 5.74) is 2.19. The molecule has 1 aliphatic rings. The van der Waals surface area contributed by atoms with Crippen molar-refractivity contribution in [3.63, 3.8) is 0 Å². The van der Waals surface area contributed by atoms with Gasteiger partial charge >= 0.3 is 0 Å². The van der Waals surface area contributed by atoms with Gasteiger partial charge in [0.2, 0.25) is 11.1 Å². The number of nitrogens with zero attached hydrogens (tertiary/aromatic N) is 4. The van der Waals surface area contributed by atoms with Gasteiger partial charge in [-0.3, -0.25) is 9.47 Å². The normalized spacial score (nSPS) is 14.6. The number of nitrogens with one attached hydrogen (secondary N) is 1. The second kappa shape index (κ2) is 8.00. The fraction of sp³-hybridized carbons (Fsp3) is 0.350. The van der Waals surface area contributed by atoms with Crippen molar-refractivity contribution in [3.05, 3.63) is 54.4 Å². The molecule has 0 saturated heterocycles. The fourth-order valence-corrected chi connectivity index (χ4v) is 4.12. The average molecular weight is 382 g/mol. The highest BCUT2D eigenvalue weighted by Crippen LogP contribution is 2.25. The number of hydrogen-bond donors (Lipinski definition) is 1. The Kier molecular flexibility index (Phi) is 5.29. The first-order valence-corrected chi connectivity index (χ1v) is 10.3. The molecule has 7 heteroatoms. The van der Waals surface area contributed by atoms with Gasteiger partial charge < -0.3 is 5.32 Å². The lowest BCUT2D eigenvalue weighted by Crippen LogP contribution is -2.33. The van der Waals surface area contributed by atoms with E-state index in [1.165, 1.54) is 30.2 Å². The summed E-state index contributed by atoms with van der Waals surface area (Å²) in [5, 5.41) is 12.6. The molecule has 0 radical (unpaired) electrons. The summed E-state index contributed by atoms with van der Waals surface area (Å²) in [7, 11) is 0. The fourth-order valence-electron chi connectivity index (χ4n) is 3.37. The van der Waals surface area contributed by atoms with Crippen molar-refractivity contribution >= 4 is 17.7 Å². The molecule has 4 rings (SSSR count). The lowest BCUT2D eigenvalue weighted by atomic mass is 10.1. The van der Waals surface area contributed by atoms with Gasteiger partial charge in [-0.1, -0.05) is 54.4 Å². The zero-order valence-electron chi connectivity index (χ0n) is 15.3. The van der Waals surface area contributed by atoms with Crippen LogP contribution in [-0.4, -0.2) is 37.3 Å². The molecule has 2 aromatic heterocycles. The third-order valence-corrected chi connectivity index (χ3v) is 5.71. The maximum Gasteiger partial charge on any atom is 0.230 e. The molecule has 1 saturated carbocycles. The SMILES string of the molecule is Cc1ccc(-c2nnc(SCC(=O)NC3CCCC3)n2-n2cccc2)cc1. The van der Waals surface area contributed by atoms with Gasteiger partial charge in [-0.15, -0.1) is 10.2 Å². The van der Waals surface area contributed by atoms with E-state index in [4.69, 9.17) is 0 Å². The molecule has 27 heavy (non-hydrogen) atoms. The van der Waals surface area contributed by atoms with E-state index >= 15 is 0 Å². The number of aryl methyl sites for hydroxylation is 1. The molecular formula is C20H23N5OS. The van der Waals surface area contributed by atoms with Crippen molar-refractivity contribution in [1.29, 1.82) is 0 Å². The van der Waals surface area contributed by atoms with E-state index in [0.717, 1.165) is 24.2 Å². The number of rotatable bonds is 6. The predicted molar refractivity (Wildman–Crippen MR) is 107 cm³/mol. The van der Waals surface area contributed by atoms with E-state index in [1.54, 1.807) is 0 Å². The number of carbonyl (C=O) groups excluding carboxylic acids is 1. The molecule has 3 aromatic rings. The summed E-state index contributed by atoms with van der Waals surface area (Å²) >= 11 is 1.41. The minimum Gasteiger partial charge on any atom is -0.353 e. The van der Waals surface area contributed by atoms with E-state index < -0.39 is 0 Å². The molecule has 1 fully saturated rings. The Balaban J connectivity index is 1.55. The highest BCUT2D eigenvalue weighted by Gasteiger charge is 2.20. The van der Waals surface area contributed by atoms with E-state index in [0.29, 0.717) is 17.0 Å². The molecule has 0 bridgehead atoms. The lowest BCUT2D eigenvalue weighted by Gasteiger charge is -2.13. The van der Waals surface area contributed by atoms with Gasteiger partial charge in [0.05, 0.1) is 5.75 Å². The Hall–Kier alpha value is -2.54. The van der Waals surface area contributed by atoms with Crippen LogP contribution in [0.4, 0.5) is 0 Å². The van der Waals surface area contributed by atoms with Crippen molar-refractivity contribution in [2.45, 2.75) is 43.8 Å². The third-order valence-electron chi connectivity index (χ3n) is 4.79. The first kappa shape index (κ1) is 17.9. The summed E-state index contributed by atoms with van der Waals surface area (Å²) in [5.74, 6) is 1.15. The Morgan fingerprint density at radius 2 is 1.85 bits per heavy atom. The van der Waals surface area contributed by atoms with Gasteiger partial charge in [0.15, 0.2) is 5.82 Å². The minimum atomic E-state index is 0.0610. The molecular weight excluding hydrogens is 358 g/mol. The molecule has 1 aliphatic carbocycles. The summed E-state index contributed by atoms with van der Waals surface area (Å²) in [6, 6.07) is 12.5. The number of aromatic nitrogens is 4. The number of amides is 1. The van der Waals surface area contributed by atoms with Crippen LogP contribution in [-0.2, 0) is 4.79 Å². The number of benzene rings is 1. The molecule has 0 spiro atoms. The smallest absolute Gasteiger partial charge is 0.230 e. The van der Waals surface area contributed by atoms with Crippen LogP contribution >= 0.6 is 11.8 Å². The molecule has 140 valence electrons. The Bertz CT molecular complexity index is 895. The monoisotopic (exact) mass is 381 g/mol. The lowest BCUT2D eigenvalue weighted by molar-refractivity contribution is -0.119. The van der Waals surface area contributed by atoms with Crippen LogP contribution in [0.15, 0.2) is 53.9 Å². The van der Waals surface area contributed by atoms with Crippen molar-refractivity contribution in [3.8, 4) is 11.4 Å². The second-order valence-electron chi connectivity index (χ2n) is 6.88. The van der Waals surface area contributed by atoms with Gasteiger partial charge in [0.1, 0.15) is 0 Å². The molecule has 0 unspecified atom stereocenters. The molecule has 1 aromatic carbocycles. The first-order chi connectivity index (χ1) is 13.2. The van der Waals surface area contributed by atoms with Crippen LogP contribution in [0.1, 0.15) is 31.2 Å². The Labute approximate surface area is 163 Å². The zero-order chi connectivity index (χ0) is 18.6. The standard InChI is InChI=1S/C20H23N5OS/c1-15-8-10-16(11-9-15)19-22-23-20(25(19)24-12-4-5-13-24)27-14-18(26)21-17-6-2-3-7-17/h4-5,8-13,17H,2-3,6-7,14H2,1H3,(H,21,26). The average Bonchev–Trinajstić information content (AvgIpc) is 3.42. The quantitative estimate of drug-likeness (QED) is 0.664. The number of carbonyl (C=O) groups is 1. The van der Waals surface area contributed by atoms with Crippen LogP contribution < -0.4 is 5.32 Å². The third kappa shape index (κ3) is 4.08. The maximum atomic E-state index is 12.3. The topological polar surface area (TPSA) is 64.7 Å². The van der Waals surface area contributed by atoms with Crippen LogP contribution in [0, 0.1) is 6.92 Å². The van der Waals surface area contributed by atoms with Crippen molar-refractivity contribution in [2.75, 3.05) is 5.75 Å². The summed E-state index contributed by atoms with van der Waals surface area (Å²) < 4.78 is 3.88. The molecule has 6 nitrogen and oxygen atoms in total. The number of thioether (sulfide) groups is 1. The van der Waals surface area contributed by atoms with E-state index in [2.05, 4.69) is 34.6 Å². The molecule has 1 N–H and O–H groups in total. The maximum absolute atomic E-state index is 12.3. The van der Waals surface area contributed by atoms with Gasteiger partial charge in [-0.25, -0.2) is 4.68 Å². The summed E-state index contributed by atoms with van der Waals surface area (Å²) in [4.78, 5) is 12.3. The molecule has 2 heterocycles. The Morgan fingerprint density at radius 3 is 2.56 bits per heavy atom. The van der Waals surface area contributed by atoms with Crippen molar-refractivity contribution in [1.82, 2.24) is 24.9 Å². The zero-order valence-corrected chi connectivity index (χ0v) is 16.2. The minimum absolute atomic E-state index is 0.0610. The highest BCUT2D eigenvalue weighted by atomic mass is 32.2. The van der Waals surface area contributed by atoms with Crippen molar-refractivity contribution in [2.24, 2.45) is 0 Å². The Morgan fingerprint density at radius 1 is 1.15 bits per heavy atom. The van der Waals surface area contributed by atoms with Crippen LogP contribution in [0.25, 0.3) is 11.4 Å². The van der Waals surface area contributed by atoms with E-state index in [1.807, 2.05) is 46.0 Å². The van der Waals surface area contributed by atoms with Gasteiger partial charge in [0, 0.05) is 24.0 Å². The van der Waals surface area contributed by atoms with Gasteiger partial charge in [-0.2, -0.15) is 0 Å². The molecule has 0 atom stereocenters. The number of hydrogen-bond acceptors (Lipinski definition) is 4. The van der Waals surface area contributed by atoms with Crippen LogP contribution in [0.5, 0.6) is 0 Å². The molecule has 1 amide bonds. The first-order valence-electron chi connectivity index (χ1n) is 9.29. The van der Waals surface area contributed by atoms with E-state index in [9.17, 15) is 4.79 Å². The van der Waals surface area contributed by atoms with Crippen LogP contribution in [0.3, 0.4) is 0 Å². The van der Waals surface area contributed by atoms with Crippen LogP contribution in [0.2, 0.25) is 0 Å². The largest absolute Gasteiger partial charge is 0.353 e. The second-order valence-corrected chi connectivity index (χ2v) is 7.83.